The van der Waals surface area contributed by atoms with Crippen LogP contribution in [-0.4, -0.2) is 59.1 Å². The highest BCUT2D eigenvalue weighted by Gasteiger charge is 2.40. The quantitative estimate of drug-likeness (QED) is 0.796. The SMILES string of the molecule is Cc1ccc(F)cc1CN1CCOC2(CCN(C(=O)Cc3ccncc3)CC2)C1. The fourth-order valence-corrected chi connectivity index (χ4v) is 4.36. The first-order chi connectivity index (χ1) is 14.0. The molecule has 1 spiro atoms. The zero-order valence-corrected chi connectivity index (χ0v) is 16.9. The molecule has 1 aromatic heterocycles. The average molecular weight is 397 g/mol. The normalized spacial score (nSPS) is 19.4. The third kappa shape index (κ3) is 4.82. The largest absolute Gasteiger partial charge is 0.372 e. The van der Waals surface area contributed by atoms with Crippen LogP contribution >= 0.6 is 0 Å². The number of hydrogen-bond donors (Lipinski definition) is 0. The van der Waals surface area contributed by atoms with Gasteiger partial charge < -0.3 is 9.64 Å². The number of halogens is 1. The van der Waals surface area contributed by atoms with Gasteiger partial charge in [-0.3, -0.25) is 14.7 Å². The molecule has 4 rings (SSSR count). The first-order valence-electron chi connectivity index (χ1n) is 10.3. The summed E-state index contributed by atoms with van der Waals surface area (Å²) in [5.74, 6) is -0.0244. The predicted molar refractivity (Wildman–Crippen MR) is 109 cm³/mol. The molecule has 0 saturated carbocycles. The van der Waals surface area contributed by atoms with Gasteiger partial charge in [0.1, 0.15) is 5.82 Å². The minimum absolute atomic E-state index is 0.161. The average Bonchev–Trinajstić information content (AvgIpc) is 2.72. The van der Waals surface area contributed by atoms with Crippen LogP contribution in [0.2, 0.25) is 0 Å². The van der Waals surface area contributed by atoms with Crippen molar-refractivity contribution in [2.24, 2.45) is 0 Å². The minimum Gasteiger partial charge on any atom is -0.372 e. The summed E-state index contributed by atoms with van der Waals surface area (Å²) in [6.45, 7) is 6.56. The highest BCUT2D eigenvalue weighted by Crippen LogP contribution is 2.31. The molecule has 0 radical (unpaired) electrons. The van der Waals surface area contributed by atoms with Crippen molar-refractivity contribution in [3.05, 3.63) is 65.2 Å². The first kappa shape index (κ1) is 20.0. The molecule has 0 bridgehead atoms. The van der Waals surface area contributed by atoms with Crippen molar-refractivity contribution >= 4 is 5.91 Å². The molecule has 2 aromatic rings. The second-order valence-corrected chi connectivity index (χ2v) is 8.23. The molecule has 2 fully saturated rings. The minimum atomic E-state index is -0.201. The lowest BCUT2D eigenvalue weighted by molar-refractivity contribution is -0.150. The Bertz CT molecular complexity index is 850. The zero-order chi connectivity index (χ0) is 20.3. The van der Waals surface area contributed by atoms with Gasteiger partial charge in [0.2, 0.25) is 5.91 Å². The van der Waals surface area contributed by atoms with Crippen LogP contribution < -0.4 is 0 Å². The molecule has 0 aliphatic carbocycles. The Hall–Kier alpha value is -2.31. The van der Waals surface area contributed by atoms with Gasteiger partial charge in [0, 0.05) is 45.1 Å². The number of benzene rings is 1. The fourth-order valence-electron chi connectivity index (χ4n) is 4.36. The molecule has 6 heteroatoms. The molecular weight excluding hydrogens is 369 g/mol. The second kappa shape index (κ2) is 8.59. The van der Waals surface area contributed by atoms with E-state index in [1.807, 2.05) is 30.0 Å². The van der Waals surface area contributed by atoms with E-state index in [0.717, 1.165) is 62.3 Å². The van der Waals surface area contributed by atoms with Gasteiger partial charge in [-0.25, -0.2) is 4.39 Å². The number of ether oxygens (including phenoxy) is 1. The standard InChI is InChI=1S/C23H28FN3O2/c1-18-2-3-21(24)15-20(18)16-26-12-13-29-23(17-26)6-10-27(11-7-23)22(28)14-19-4-8-25-9-5-19/h2-5,8-9,15H,6-7,10-14,16-17H2,1H3. The van der Waals surface area contributed by atoms with Crippen molar-refractivity contribution in [1.29, 1.82) is 0 Å². The molecule has 2 aliphatic heterocycles. The van der Waals surface area contributed by atoms with E-state index in [2.05, 4.69) is 9.88 Å². The monoisotopic (exact) mass is 397 g/mol. The van der Waals surface area contributed by atoms with Crippen molar-refractivity contribution in [2.75, 3.05) is 32.8 Å². The number of amides is 1. The number of hydrogen-bond acceptors (Lipinski definition) is 4. The Morgan fingerprint density at radius 3 is 2.69 bits per heavy atom. The molecule has 0 unspecified atom stereocenters. The third-order valence-electron chi connectivity index (χ3n) is 6.16. The van der Waals surface area contributed by atoms with Gasteiger partial charge in [0.25, 0.3) is 0 Å². The maximum Gasteiger partial charge on any atom is 0.226 e. The van der Waals surface area contributed by atoms with Gasteiger partial charge in [-0.15, -0.1) is 0 Å². The molecule has 3 heterocycles. The summed E-state index contributed by atoms with van der Waals surface area (Å²) in [5, 5.41) is 0. The first-order valence-corrected chi connectivity index (χ1v) is 10.3. The summed E-state index contributed by atoms with van der Waals surface area (Å²) in [6.07, 6.45) is 5.54. The number of pyridine rings is 1. The van der Waals surface area contributed by atoms with Crippen molar-refractivity contribution in [2.45, 2.75) is 38.3 Å². The van der Waals surface area contributed by atoms with E-state index in [0.29, 0.717) is 13.0 Å². The Morgan fingerprint density at radius 1 is 1.17 bits per heavy atom. The molecule has 154 valence electrons. The molecule has 29 heavy (non-hydrogen) atoms. The molecule has 1 aromatic carbocycles. The maximum absolute atomic E-state index is 13.6. The van der Waals surface area contributed by atoms with Crippen LogP contribution in [0, 0.1) is 12.7 Å². The lowest BCUT2D eigenvalue weighted by Crippen LogP contribution is -2.57. The maximum atomic E-state index is 13.6. The zero-order valence-electron chi connectivity index (χ0n) is 16.9. The van der Waals surface area contributed by atoms with E-state index in [4.69, 9.17) is 4.74 Å². The van der Waals surface area contributed by atoms with Crippen molar-refractivity contribution in [3.63, 3.8) is 0 Å². The van der Waals surface area contributed by atoms with E-state index in [1.165, 1.54) is 6.07 Å². The summed E-state index contributed by atoms with van der Waals surface area (Å²) in [7, 11) is 0. The van der Waals surface area contributed by atoms with Crippen molar-refractivity contribution in [3.8, 4) is 0 Å². The summed E-state index contributed by atoms with van der Waals surface area (Å²) in [4.78, 5) is 20.9. The molecule has 0 atom stereocenters. The number of nitrogens with zero attached hydrogens (tertiary/aromatic N) is 3. The Balaban J connectivity index is 1.34. The molecule has 5 nitrogen and oxygen atoms in total. The molecular formula is C23H28FN3O2. The van der Waals surface area contributed by atoms with E-state index >= 15 is 0 Å². The van der Waals surface area contributed by atoms with Gasteiger partial charge in [-0.1, -0.05) is 6.07 Å². The van der Waals surface area contributed by atoms with Crippen LogP contribution in [-0.2, 0) is 22.5 Å². The van der Waals surface area contributed by atoms with Gasteiger partial charge in [0.15, 0.2) is 0 Å². The smallest absolute Gasteiger partial charge is 0.226 e. The number of carbonyl (C=O) groups is 1. The lowest BCUT2D eigenvalue weighted by Gasteiger charge is -2.47. The molecule has 0 N–H and O–H groups in total. The number of aryl methyl sites for hydroxylation is 1. The second-order valence-electron chi connectivity index (χ2n) is 8.23. The Morgan fingerprint density at radius 2 is 1.93 bits per heavy atom. The van der Waals surface area contributed by atoms with Crippen LogP contribution in [0.3, 0.4) is 0 Å². The van der Waals surface area contributed by atoms with Crippen LogP contribution in [0.1, 0.15) is 29.5 Å². The summed E-state index contributed by atoms with van der Waals surface area (Å²) in [5.41, 5.74) is 2.94. The number of likely N-dealkylation sites (tertiary alicyclic amines) is 1. The number of morpholine rings is 1. The topological polar surface area (TPSA) is 45.7 Å². The van der Waals surface area contributed by atoms with Crippen LogP contribution in [0.15, 0.2) is 42.7 Å². The number of piperidine rings is 1. The summed E-state index contributed by atoms with van der Waals surface area (Å²) >= 11 is 0. The van der Waals surface area contributed by atoms with Crippen LogP contribution in [0.4, 0.5) is 4.39 Å². The van der Waals surface area contributed by atoms with E-state index < -0.39 is 0 Å². The number of carbonyl (C=O) groups excluding carboxylic acids is 1. The summed E-state index contributed by atoms with van der Waals surface area (Å²) in [6, 6.07) is 8.77. The predicted octanol–water partition coefficient (Wildman–Crippen LogP) is 2.97. The summed E-state index contributed by atoms with van der Waals surface area (Å²) < 4.78 is 19.9. The number of aromatic nitrogens is 1. The fraction of sp³-hybridized carbons (Fsp3) is 0.478. The Labute approximate surface area is 171 Å². The van der Waals surface area contributed by atoms with Crippen LogP contribution in [0.25, 0.3) is 0 Å². The van der Waals surface area contributed by atoms with Crippen LogP contribution in [0.5, 0.6) is 0 Å². The molecule has 2 saturated heterocycles. The van der Waals surface area contributed by atoms with Gasteiger partial charge in [0.05, 0.1) is 18.6 Å². The van der Waals surface area contributed by atoms with E-state index in [-0.39, 0.29) is 17.3 Å². The van der Waals surface area contributed by atoms with E-state index in [9.17, 15) is 9.18 Å². The number of rotatable bonds is 4. The molecule has 1 amide bonds. The Kier molecular flexibility index (Phi) is 5.92. The van der Waals surface area contributed by atoms with Gasteiger partial charge in [-0.2, -0.15) is 0 Å². The highest BCUT2D eigenvalue weighted by atomic mass is 19.1. The van der Waals surface area contributed by atoms with Gasteiger partial charge >= 0.3 is 0 Å². The van der Waals surface area contributed by atoms with Crippen molar-refractivity contribution < 1.29 is 13.9 Å². The van der Waals surface area contributed by atoms with E-state index in [1.54, 1.807) is 18.5 Å². The highest BCUT2D eigenvalue weighted by molar-refractivity contribution is 5.78. The third-order valence-corrected chi connectivity index (χ3v) is 6.16. The van der Waals surface area contributed by atoms with Crippen molar-refractivity contribution in [1.82, 2.24) is 14.8 Å². The molecule has 2 aliphatic rings. The lowest BCUT2D eigenvalue weighted by atomic mass is 9.88. The van der Waals surface area contributed by atoms with Gasteiger partial charge in [-0.05, 0) is 60.7 Å².